The van der Waals surface area contributed by atoms with Crippen molar-refractivity contribution in [3.63, 3.8) is 0 Å². The molecule has 1 aromatic carbocycles. The van der Waals surface area contributed by atoms with Crippen LogP contribution in [-0.2, 0) is 11.3 Å². The summed E-state index contributed by atoms with van der Waals surface area (Å²) < 4.78 is 6.52. The van der Waals surface area contributed by atoms with Gasteiger partial charge in [-0.25, -0.2) is 9.48 Å². The van der Waals surface area contributed by atoms with Gasteiger partial charge in [0, 0.05) is 12.7 Å². The fraction of sp³-hybridized carbons (Fsp3) is 0.231. The number of ether oxygens (including phenoxy) is 1. The Bertz CT molecular complexity index is 554. The molecular weight excluding hydrogens is 266 g/mol. The number of benzene rings is 1. The second-order valence-electron chi connectivity index (χ2n) is 3.74. The second kappa shape index (κ2) is 6.92. The third kappa shape index (κ3) is 3.56. The van der Waals surface area contributed by atoms with Crippen LogP contribution in [0.3, 0.4) is 0 Å². The van der Waals surface area contributed by atoms with Crippen LogP contribution in [0.5, 0.6) is 0 Å². The van der Waals surface area contributed by atoms with E-state index >= 15 is 0 Å². The Labute approximate surface area is 117 Å². The Balaban J connectivity index is 0.00000180. The van der Waals surface area contributed by atoms with Crippen LogP contribution < -0.4 is 5.73 Å². The number of nitrogens with zero attached hydrogens (tertiary/aromatic N) is 2. The monoisotopic (exact) mass is 281 g/mol. The molecule has 0 spiro atoms. The minimum Gasteiger partial charge on any atom is -0.461 e. The molecule has 2 aromatic rings. The Morgan fingerprint density at radius 3 is 2.89 bits per heavy atom. The van der Waals surface area contributed by atoms with Crippen molar-refractivity contribution < 1.29 is 9.53 Å². The first-order valence-electron chi connectivity index (χ1n) is 5.76. The zero-order valence-corrected chi connectivity index (χ0v) is 11.4. The zero-order chi connectivity index (χ0) is 13.0. The minimum absolute atomic E-state index is 0. The van der Waals surface area contributed by atoms with Crippen molar-refractivity contribution in [1.82, 2.24) is 9.78 Å². The maximum atomic E-state index is 11.5. The van der Waals surface area contributed by atoms with Gasteiger partial charge in [-0.2, -0.15) is 5.10 Å². The van der Waals surface area contributed by atoms with Crippen molar-refractivity contribution >= 4 is 18.4 Å². The van der Waals surface area contributed by atoms with Crippen LogP contribution in [0.4, 0.5) is 0 Å². The lowest BCUT2D eigenvalue weighted by Gasteiger charge is -2.03. The zero-order valence-electron chi connectivity index (χ0n) is 10.6. The van der Waals surface area contributed by atoms with Gasteiger partial charge in [0.15, 0.2) is 5.69 Å². The number of halogens is 1. The Hall–Kier alpha value is -1.85. The molecule has 0 bridgehead atoms. The van der Waals surface area contributed by atoms with Crippen molar-refractivity contribution in [2.45, 2.75) is 13.5 Å². The number of aromatic nitrogens is 2. The topological polar surface area (TPSA) is 70.1 Å². The van der Waals surface area contributed by atoms with Crippen LogP contribution in [0, 0.1) is 0 Å². The molecule has 0 saturated carbocycles. The van der Waals surface area contributed by atoms with Crippen LogP contribution >= 0.6 is 12.4 Å². The molecule has 0 radical (unpaired) electrons. The van der Waals surface area contributed by atoms with Gasteiger partial charge in [-0.3, -0.25) is 0 Å². The Morgan fingerprint density at radius 2 is 2.21 bits per heavy atom. The van der Waals surface area contributed by atoms with Gasteiger partial charge in [0.25, 0.3) is 0 Å². The number of esters is 1. The van der Waals surface area contributed by atoms with Crippen LogP contribution in [0.1, 0.15) is 23.0 Å². The third-order valence-corrected chi connectivity index (χ3v) is 2.48. The normalized spacial score (nSPS) is 9.79. The molecule has 0 fully saturated rings. The minimum atomic E-state index is -0.411. The van der Waals surface area contributed by atoms with Crippen LogP contribution in [0.2, 0.25) is 0 Å². The summed E-state index contributed by atoms with van der Waals surface area (Å²) in [6.07, 6.45) is 1.72. The highest BCUT2D eigenvalue weighted by atomic mass is 35.5. The van der Waals surface area contributed by atoms with E-state index in [1.807, 2.05) is 24.3 Å². The van der Waals surface area contributed by atoms with Gasteiger partial charge < -0.3 is 10.5 Å². The lowest BCUT2D eigenvalue weighted by atomic mass is 10.2. The molecule has 102 valence electrons. The van der Waals surface area contributed by atoms with Crippen molar-refractivity contribution in [2.75, 3.05) is 6.61 Å². The average molecular weight is 282 g/mol. The van der Waals surface area contributed by atoms with E-state index in [1.165, 1.54) is 0 Å². The molecule has 0 unspecified atom stereocenters. The molecular formula is C13H16ClN3O2. The smallest absolute Gasteiger partial charge is 0.358 e. The number of carbonyl (C=O) groups excluding carboxylic acids is 1. The molecule has 1 heterocycles. The Morgan fingerprint density at radius 1 is 1.42 bits per heavy atom. The molecule has 5 nitrogen and oxygen atoms in total. The molecule has 0 aliphatic rings. The standard InChI is InChI=1S/C13H15N3O2.ClH/c1-2-18-13(17)12-6-7-16(15-12)11-5-3-4-10(8-11)9-14;/h3-8H,2,9,14H2,1H3;1H. The summed E-state index contributed by atoms with van der Waals surface area (Å²) >= 11 is 0. The fourth-order valence-corrected chi connectivity index (χ4v) is 1.61. The van der Waals surface area contributed by atoms with Gasteiger partial charge in [-0.1, -0.05) is 12.1 Å². The molecule has 0 aliphatic heterocycles. The van der Waals surface area contributed by atoms with Crippen molar-refractivity contribution in [1.29, 1.82) is 0 Å². The maximum Gasteiger partial charge on any atom is 0.358 e. The van der Waals surface area contributed by atoms with Gasteiger partial charge in [0.1, 0.15) is 0 Å². The lowest BCUT2D eigenvalue weighted by Crippen LogP contribution is -2.07. The van der Waals surface area contributed by atoms with E-state index < -0.39 is 5.97 Å². The number of carbonyl (C=O) groups is 1. The molecule has 0 amide bonds. The van der Waals surface area contributed by atoms with Crippen LogP contribution in [-0.4, -0.2) is 22.4 Å². The first-order valence-corrected chi connectivity index (χ1v) is 5.76. The van der Waals surface area contributed by atoms with Gasteiger partial charge in [-0.15, -0.1) is 12.4 Å². The highest BCUT2D eigenvalue weighted by molar-refractivity contribution is 5.87. The van der Waals surface area contributed by atoms with E-state index in [1.54, 1.807) is 23.9 Å². The summed E-state index contributed by atoms with van der Waals surface area (Å²) in [5.41, 5.74) is 7.77. The quantitative estimate of drug-likeness (QED) is 0.870. The van der Waals surface area contributed by atoms with Crippen molar-refractivity contribution in [2.24, 2.45) is 5.73 Å². The van der Waals surface area contributed by atoms with E-state index in [2.05, 4.69) is 5.10 Å². The van der Waals surface area contributed by atoms with Gasteiger partial charge >= 0.3 is 5.97 Å². The van der Waals surface area contributed by atoms with Crippen molar-refractivity contribution in [3.8, 4) is 5.69 Å². The first kappa shape index (κ1) is 15.2. The van der Waals surface area contributed by atoms with Gasteiger partial charge in [0.2, 0.25) is 0 Å². The van der Waals surface area contributed by atoms with Crippen LogP contribution in [0.25, 0.3) is 5.69 Å². The molecule has 6 heteroatoms. The Kier molecular flexibility index (Phi) is 5.54. The summed E-state index contributed by atoms with van der Waals surface area (Å²) in [6, 6.07) is 9.32. The highest BCUT2D eigenvalue weighted by Gasteiger charge is 2.10. The second-order valence-corrected chi connectivity index (χ2v) is 3.74. The first-order chi connectivity index (χ1) is 8.74. The van der Waals surface area contributed by atoms with E-state index in [0.717, 1.165) is 11.3 Å². The van der Waals surface area contributed by atoms with Crippen LogP contribution in [0.15, 0.2) is 36.5 Å². The third-order valence-electron chi connectivity index (χ3n) is 2.48. The summed E-state index contributed by atoms with van der Waals surface area (Å²) in [6.45, 7) is 2.58. The lowest BCUT2D eigenvalue weighted by molar-refractivity contribution is 0.0519. The molecule has 19 heavy (non-hydrogen) atoms. The highest BCUT2D eigenvalue weighted by Crippen LogP contribution is 2.10. The van der Waals surface area contributed by atoms with E-state index in [9.17, 15) is 4.79 Å². The van der Waals surface area contributed by atoms with Gasteiger partial charge in [0.05, 0.1) is 12.3 Å². The molecule has 0 aliphatic carbocycles. The molecule has 2 N–H and O–H groups in total. The van der Waals surface area contributed by atoms with E-state index in [0.29, 0.717) is 18.8 Å². The number of hydrogen-bond acceptors (Lipinski definition) is 4. The number of rotatable bonds is 4. The summed E-state index contributed by atoms with van der Waals surface area (Å²) in [4.78, 5) is 11.5. The van der Waals surface area contributed by atoms with Crippen molar-refractivity contribution in [3.05, 3.63) is 47.8 Å². The van der Waals surface area contributed by atoms with E-state index in [-0.39, 0.29) is 12.4 Å². The summed E-state index contributed by atoms with van der Waals surface area (Å²) in [5.74, 6) is -0.411. The summed E-state index contributed by atoms with van der Waals surface area (Å²) in [7, 11) is 0. The average Bonchev–Trinajstić information content (AvgIpc) is 2.89. The predicted molar refractivity (Wildman–Crippen MR) is 74.7 cm³/mol. The molecule has 0 saturated heterocycles. The molecule has 1 aromatic heterocycles. The van der Waals surface area contributed by atoms with Gasteiger partial charge in [-0.05, 0) is 30.7 Å². The molecule has 0 atom stereocenters. The SMILES string of the molecule is CCOC(=O)c1ccn(-c2cccc(CN)c2)n1.Cl. The molecule has 2 rings (SSSR count). The number of nitrogens with two attached hydrogens (primary N) is 1. The predicted octanol–water partition coefficient (Wildman–Crippen LogP) is 1.93. The maximum absolute atomic E-state index is 11.5. The largest absolute Gasteiger partial charge is 0.461 e. The van der Waals surface area contributed by atoms with E-state index in [4.69, 9.17) is 10.5 Å². The fourth-order valence-electron chi connectivity index (χ4n) is 1.61. The summed E-state index contributed by atoms with van der Waals surface area (Å²) in [5, 5.41) is 4.18. The number of hydrogen-bond donors (Lipinski definition) is 1.